The van der Waals surface area contributed by atoms with Crippen LogP contribution in [-0.4, -0.2) is 31.6 Å². The number of carbonyl (C=O) groups is 1. The van der Waals surface area contributed by atoms with Crippen LogP contribution in [-0.2, 0) is 11.3 Å². The van der Waals surface area contributed by atoms with Crippen molar-refractivity contribution in [3.63, 3.8) is 0 Å². The van der Waals surface area contributed by atoms with E-state index in [2.05, 4.69) is 31.0 Å². The predicted octanol–water partition coefficient (Wildman–Crippen LogP) is 4.32. The van der Waals surface area contributed by atoms with Crippen LogP contribution in [0.1, 0.15) is 40.6 Å². The Morgan fingerprint density at radius 3 is 2.54 bits per heavy atom. The molecule has 0 aliphatic carbocycles. The maximum absolute atomic E-state index is 12.3. The van der Waals surface area contributed by atoms with Crippen LogP contribution in [0.3, 0.4) is 0 Å². The molecule has 130 valence electrons. The van der Waals surface area contributed by atoms with E-state index in [-0.39, 0.29) is 5.97 Å². The molecule has 0 bridgehead atoms. The van der Waals surface area contributed by atoms with Crippen molar-refractivity contribution in [3.8, 4) is 11.1 Å². The Balaban J connectivity index is 2.46. The zero-order valence-electron chi connectivity index (χ0n) is 14.9. The highest BCUT2D eigenvalue weighted by molar-refractivity contribution is 7.17. The van der Waals surface area contributed by atoms with Crippen molar-refractivity contribution < 1.29 is 9.53 Å². The molecule has 0 unspecified atom stereocenters. The van der Waals surface area contributed by atoms with E-state index in [1.807, 2.05) is 19.1 Å². The highest BCUT2D eigenvalue weighted by Gasteiger charge is 2.24. The molecule has 2 rings (SSSR count). The van der Waals surface area contributed by atoms with Gasteiger partial charge in [-0.15, -0.1) is 11.3 Å². The third-order valence-electron chi connectivity index (χ3n) is 4.05. The normalized spacial score (nSPS) is 11.0. The lowest BCUT2D eigenvalue weighted by Crippen LogP contribution is -2.18. The van der Waals surface area contributed by atoms with E-state index in [0.717, 1.165) is 41.9 Å². The first kappa shape index (κ1) is 18.5. The minimum atomic E-state index is -0.373. The smallest absolute Gasteiger partial charge is 0.341 e. The monoisotopic (exact) mass is 346 g/mol. The zero-order valence-corrected chi connectivity index (χ0v) is 15.7. The molecule has 4 nitrogen and oxygen atoms in total. The third kappa shape index (κ3) is 4.16. The largest absolute Gasteiger partial charge is 0.465 e. The van der Waals surface area contributed by atoms with Crippen molar-refractivity contribution in [2.75, 3.05) is 26.4 Å². The fourth-order valence-electron chi connectivity index (χ4n) is 2.69. The molecule has 1 aromatic carbocycles. The molecule has 0 fully saturated rings. The first-order chi connectivity index (χ1) is 11.5. The van der Waals surface area contributed by atoms with Gasteiger partial charge in [0, 0.05) is 17.0 Å². The molecule has 0 saturated heterocycles. The number of nitrogens with zero attached hydrogens (tertiary/aromatic N) is 1. The number of methoxy groups -OCH3 is 1. The van der Waals surface area contributed by atoms with Gasteiger partial charge in [0.1, 0.15) is 10.6 Å². The highest BCUT2D eigenvalue weighted by atomic mass is 32.1. The molecule has 0 amide bonds. The van der Waals surface area contributed by atoms with E-state index in [1.165, 1.54) is 24.0 Å². The second-order valence-electron chi connectivity index (χ2n) is 6.09. The molecule has 2 N–H and O–H groups in total. The number of rotatable bonds is 7. The number of hydrogen-bond acceptors (Lipinski definition) is 5. The lowest BCUT2D eigenvalue weighted by atomic mass is 10.00. The summed E-state index contributed by atoms with van der Waals surface area (Å²) in [5.41, 5.74) is 9.75. The summed E-state index contributed by atoms with van der Waals surface area (Å²) in [4.78, 5) is 15.6. The van der Waals surface area contributed by atoms with Gasteiger partial charge in [-0.25, -0.2) is 4.79 Å². The average molecular weight is 346 g/mol. The number of hydrogen-bond donors (Lipinski definition) is 1. The lowest BCUT2D eigenvalue weighted by molar-refractivity contribution is 0.0603. The van der Waals surface area contributed by atoms with Crippen molar-refractivity contribution >= 4 is 22.3 Å². The van der Waals surface area contributed by atoms with E-state index in [0.29, 0.717) is 10.6 Å². The van der Waals surface area contributed by atoms with Crippen molar-refractivity contribution in [3.05, 3.63) is 40.3 Å². The predicted molar refractivity (Wildman–Crippen MR) is 101 cm³/mol. The van der Waals surface area contributed by atoms with Gasteiger partial charge >= 0.3 is 5.97 Å². The highest BCUT2D eigenvalue weighted by Crippen LogP contribution is 2.39. The van der Waals surface area contributed by atoms with Crippen LogP contribution in [0, 0.1) is 6.92 Å². The Hall–Kier alpha value is -1.85. The Kier molecular flexibility index (Phi) is 6.40. The molecule has 0 atom stereocenters. The molecule has 0 saturated carbocycles. The number of nitrogens with two attached hydrogens (primary N) is 1. The Morgan fingerprint density at radius 2 is 1.96 bits per heavy atom. The van der Waals surface area contributed by atoms with Crippen molar-refractivity contribution in [1.82, 2.24) is 4.90 Å². The fourth-order valence-corrected chi connectivity index (χ4v) is 3.85. The first-order valence-electron chi connectivity index (χ1n) is 8.23. The average Bonchev–Trinajstić information content (AvgIpc) is 2.88. The SMILES string of the molecule is CCCCN(C)Cc1sc(N)c(C(=O)OC)c1-c1ccc(C)cc1. The quantitative estimate of drug-likeness (QED) is 0.758. The van der Waals surface area contributed by atoms with Gasteiger partial charge in [0.15, 0.2) is 0 Å². The van der Waals surface area contributed by atoms with Gasteiger partial charge in [-0.2, -0.15) is 0 Å². The summed E-state index contributed by atoms with van der Waals surface area (Å²) < 4.78 is 4.96. The minimum absolute atomic E-state index is 0.373. The first-order valence-corrected chi connectivity index (χ1v) is 9.04. The number of unbranched alkanes of at least 4 members (excludes halogenated alkanes) is 1. The minimum Gasteiger partial charge on any atom is -0.465 e. The topological polar surface area (TPSA) is 55.6 Å². The number of benzene rings is 1. The summed E-state index contributed by atoms with van der Waals surface area (Å²) >= 11 is 1.48. The van der Waals surface area contributed by atoms with Gasteiger partial charge in [0.25, 0.3) is 0 Å². The van der Waals surface area contributed by atoms with Crippen LogP contribution in [0.15, 0.2) is 24.3 Å². The van der Waals surface area contributed by atoms with Crippen LogP contribution in [0.25, 0.3) is 11.1 Å². The Bertz CT molecular complexity index is 692. The van der Waals surface area contributed by atoms with Gasteiger partial charge in [0.2, 0.25) is 0 Å². The summed E-state index contributed by atoms with van der Waals surface area (Å²) in [6.07, 6.45) is 2.32. The van der Waals surface area contributed by atoms with E-state index in [1.54, 1.807) is 0 Å². The molecule has 0 spiro atoms. The second kappa shape index (κ2) is 8.31. The maximum atomic E-state index is 12.3. The summed E-state index contributed by atoms with van der Waals surface area (Å²) in [7, 11) is 3.49. The van der Waals surface area contributed by atoms with Gasteiger partial charge in [0.05, 0.1) is 7.11 Å². The van der Waals surface area contributed by atoms with Crippen LogP contribution in [0.2, 0.25) is 0 Å². The van der Waals surface area contributed by atoms with Crippen LogP contribution < -0.4 is 5.73 Å². The number of carbonyl (C=O) groups excluding carboxylic acids is 1. The van der Waals surface area contributed by atoms with E-state index < -0.39 is 0 Å². The van der Waals surface area contributed by atoms with Gasteiger partial charge < -0.3 is 15.4 Å². The number of nitrogen functional groups attached to an aromatic ring is 1. The van der Waals surface area contributed by atoms with Crippen molar-refractivity contribution in [1.29, 1.82) is 0 Å². The standard InChI is InChI=1S/C19H26N2O2S/c1-5-6-11-21(3)12-15-16(14-9-7-13(2)8-10-14)17(18(20)24-15)19(22)23-4/h7-10H,5-6,11-12,20H2,1-4H3. The molecule has 1 heterocycles. The van der Waals surface area contributed by atoms with Crippen molar-refractivity contribution in [2.24, 2.45) is 0 Å². The molecule has 5 heteroatoms. The number of aryl methyl sites for hydroxylation is 1. The molecular formula is C19H26N2O2S. The molecule has 1 aromatic heterocycles. The molecule has 24 heavy (non-hydrogen) atoms. The lowest BCUT2D eigenvalue weighted by Gasteiger charge is -2.16. The van der Waals surface area contributed by atoms with E-state index in [9.17, 15) is 4.79 Å². The van der Waals surface area contributed by atoms with Gasteiger partial charge in [-0.1, -0.05) is 43.2 Å². The zero-order chi connectivity index (χ0) is 17.7. The number of anilines is 1. The van der Waals surface area contributed by atoms with Crippen molar-refractivity contribution in [2.45, 2.75) is 33.2 Å². The van der Waals surface area contributed by atoms with Crippen LogP contribution >= 0.6 is 11.3 Å². The van der Waals surface area contributed by atoms with E-state index >= 15 is 0 Å². The molecule has 0 aliphatic heterocycles. The van der Waals surface area contributed by atoms with Gasteiger partial charge in [-0.3, -0.25) is 0 Å². The number of ether oxygens (including phenoxy) is 1. The summed E-state index contributed by atoms with van der Waals surface area (Å²) in [6.45, 7) is 6.03. The van der Waals surface area contributed by atoms with Crippen LogP contribution in [0.5, 0.6) is 0 Å². The number of thiophene rings is 1. The summed E-state index contributed by atoms with van der Waals surface area (Å²) in [5.74, 6) is -0.373. The second-order valence-corrected chi connectivity index (χ2v) is 7.23. The van der Waals surface area contributed by atoms with Crippen LogP contribution in [0.4, 0.5) is 5.00 Å². The maximum Gasteiger partial charge on any atom is 0.341 e. The fraction of sp³-hybridized carbons (Fsp3) is 0.421. The molecular weight excluding hydrogens is 320 g/mol. The molecule has 0 aliphatic rings. The van der Waals surface area contributed by atoms with E-state index in [4.69, 9.17) is 10.5 Å². The molecule has 2 aromatic rings. The summed E-state index contributed by atoms with van der Waals surface area (Å²) in [5, 5.41) is 0.524. The molecule has 0 radical (unpaired) electrons. The summed E-state index contributed by atoms with van der Waals surface area (Å²) in [6, 6.07) is 8.18. The third-order valence-corrected chi connectivity index (χ3v) is 5.05. The Morgan fingerprint density at radius 1 is 1.29 bits per heavy atom. The Labute approximate surface area is 148 Å². The van der Waals surface area contributed by atoms with Gasteiger partial charge in [-0.05, 0) is 32.5 Å². The number of esters is 1.